The van der Waals surface area contributed by atoms with Crippen LogP contribution < -0.4 is 5.32 Å². The molecule has 1 aromatic heterocycles. The van der Waals surface area contributed by atoms with Crippen molar-refractivity contribution in [2.75, 3.05) is 18.1 Å². The second kappa shape index (κ2) is 3.83. The van der Waals surface area contributed by atoms with E-state index in [0.29, 0.717) is 0 Å². The van der Waals surface area contributed by atoms with E-state index in [1.807, 2.05) is 0 Å². The van der Waals surface area contributed by atoms with Gasteiger partial charge >= 0.3 is 11.9 Å². The van der Waals surface area contributed by atoms with Crippen LogP contribution in [0.25, 0.3) is 0 Å². The smallest absolute Gasteiger partial charge is 0.393 e. The summed E-state index contributed by atoms with van der Waals surface area (Å²) in [6.07, 6.45) is 0. The molecule has 88 valence electrons. The maximum absolute atomic E-state index is 11.3. The van der Waals surface area contributed by atoms with E-state index in [-0.39, 0.29) is 23.9 Å². The van der Waals surface area contributed by atoms with Crippen LogP contribution in [0.15, 0.2) is 4.42 Å². The zero-order valence-corrected chi connectivity index (χ0v) is 8.90. The Labute approximate surface area is 90.6 Å². The molecular weight excluding hydrogens is 238 g/mol. The zero-order chi connectivity index (χ0) is 11.8. The van der Waals surface area contributed by atoms with Crippen LogP contribution >= 0.6 is 0 Å². The SMILES string of the molecule is O=C(O)c1nnc(C2CS(=O)(=O)CCN2)o1. The van der Waals surface area contributed by atoms with Crippen molar-refractivity contribution in [3.63, 3.8) is 0 Å². The van der Waals surface area contributed by atoms with Crippen LogP contribution in [0.2, 0.25) is 0 Å². The molecule has 0 spiro atoms. The van der Waals surface area contributed by atoms with Crippen molar-refractivity contribution in [2.45, 2.75) is 6.04 Å². The summed E-state index contributed by atoms with van der Waals surface area (Å²) in [4.78, 5) is 10.5. The number of carboxylic acids is 1. The molecule has 2 N–H and O–H groups in total. The second-order valence-corrected chi connectivity index (χ2v) is 5.60. The van der Waals surface area contributed by atoms with Gasteiger partial charge in [-0.25, -0.2) is 13.2 Å². The third-order valence-electron chi connectivity index (χ3n) is 2.15. The van der Waals surface area contributed by atoms with Crippen LogP contribution in [0, 0.1) is 0 Å². The highest BCUT2D eigenvalue weighted by Gasteiger charge is 2.30. The van der Waals surface area contributed by atoms with Gasteiger partial charge < -0.3 is 14.8 Å². The van der Waals surface area contributed by atoms with E-state index in [9.17, 15) is 13.2 Å². The number of hydrogen-bond donors (Lipinski definition) is 2. The lowest BCUT2D eigenvalue weighted by molar-refractivity contribution is 0.0650. The number of nitrogens with one attached hydrogen (secondary N) is 1. The van der Waals surface area contributed by atoms with Gasteiger partial charge in [-0.3, -0.25) is 0 Å². The Kier molecular flexibility index (Phi) is 2.64. The minimum atomic E-state index is -3.13. The van der Waals surface area contributed by atoms with Crippen molar-refractivity contribution in [2.24, 2.45) is 0 Å². The van der Waals surface area contributed by atoms with Gasteiger partial charge in [0.25, 0.3) is 0 Å². The molecule has 1 fully saturated rings. The van der Waals surface area contributed by atoms with Crippen molar-refractivity contribution >= 4 is 15.8 Å². The summed E-state index contributed by atoms with van der Waals surface area (Å²) in [5.41, 5.74) is 0. The fourth-order valence-corrected chi connectivity index (χ4v) is 2.77. The van der Waals surface area contributed by atoms with Crippen LogP contribution in [-0.2, 0) is 9.84 Å². The average molecular weight is 247 g/mol. The van der Waals surface area contributed by atoms with E-state index >= 15 is 0 Å². The molecule has 0 aliphatic carbocycles. The predicted molar refractivity (Wildman–Crippen MR) is 50.7 cm³/mol. The molecular formula is C7H9N3O5S. The number of sulfone groups is 1. The number of aromatic carboxylic acids is 1. The molecule has 0 amide bonds. The summed E-state index contributed by atoms with van der Waals surface area (Å²) in [7, 11) is -3.13. The molecule has 2 rings (SSSR count). The van der Waals surface area contributed by atoms with Crippen molar-refractivity contribution < 1.29 is 22.7 Å². The highest BCUT2D eigenvalue weighted by atomic mass is 32.2. The number of nitrogens with zero attached hydrogens (tertiary/aromatic N) is 2. The summed E-state index contributed by atoms with van der Waals surface area (Å²) in [6, 6.07) is -0.626. The van der Waals surface area contributed by atoms with Crippen molar-refractivity contribution in [3.05, 3.63) is 11.8 Å². The van der Waals surface area contributed by atoms with E-state index in [1.165, 1.54) is 0 Å². The van der Waals surface area contributed by atoms with Gasteiger partial charge in [-0.1, -0.05) is 0 Å². The van der Waals surface area contributed by atoms with Gasteiger partial charge in [0.05, 0.1) is 11.5 Å². The molecule has 0 bridgehead atoms. The first kappa shape index (κ1) is 11.0. The van der Waals surface area contributed by atoms with Crippen molar-refractivity contribution in [1.29, 1.82) is 0 Å². The van der Waals surface area contributed by atoms with Gasteiger partial charge in [0, 0.05) is 6.54 Å². The Morgan fingerprint density at radius 1 is 1.50 bits per heavy atom. The Hall–Kier alpha value is -1.48. The van der Waals surface area contributed by atoms with Gasteiger partial charge in [-0.15, -0.1) is 10.2 Å². The molecule has 1 aromatic rings. The quantitative estimate of drug-likeness (QED) is 0.670. The van der Waals surface area contributed by atoms with Gasteiger partial charge in [0.2, 0.25) is 5.89 Å². The van der Waals surface area contributed by atoms with E-state index in [0.717, 1.165) is 0 Å². The third-order valence-corrected chi connectivity index (χ3v) is 3.81. The lowest BCUT2D eigenvalue weighted by atomic mass is 10.3. The van der Waals surface area contributed by atoms with Crippen LogP contribution in [0.1, 0.15) is 22.6 Å². The molecule has 1 atom stereocenters. The summed E-state index contributed by atoms with van der Waals surface area (Å²) in [6.45, 7) is 0.289. The number of rotatable bonds is 2. The molecule has 0 aromatic carbocycles. The van der Waals surface area contributed by atoms with Gasteiger partial charge in [0.15, 0.2) is 9.84 Å². The van der Waals surface area contributed by atoms with Crippen LogP contribution in [-0.4, -0.2) is 47.7 Å². The fraction of sp³-hybridized carbons (Fsp3) is 0.571. The van der Waals surface area contributed by atoms with Crippen molar-refractivity contribution in [1.82, 2.24) is 15.5 Å². The van der Waals surface area contributed by atoms with E-state index in [1.54, 1.807) is 0 Å². The molecule has 1 aliphatic heterocycles. The minimum absolute atomic E-state index is 0.0133. The molecule has 1 saturated heterocycles. The highest BCUT2D eigenvalue weighted by Crippen LogP contribution is 2.17. The first-order valence-corrected chi connectivity index (χ1v) is 6.30. The largest absolute Gasteiger partial charge is 0.474 e. The van der Waals surface area contributed by atoms with Crippen LogP contribution in [0.5, 0.6) is 0 Å². The predicted octanol–water partition coefficient (Wildman–Crippen LogP) is -1.17. The van der Waals surface area contributed by atoms with E-state index in [4.69, 9.17) is 9.52 Å². The summed E-state index contributed by atoms with van der Waals surface area (Å²) < 4.78 is 27.5. The van der Waals surface area contributed by atoms with E-state index < -0.39 is 27.7 Å². The summed E-state index contributed by atoms with van der Waals surface area (Å²) in [5.74, 6) is -1.99. The molecule has 1 unspecified atom stereocenters. The van der Waals surface area contributed by atoms with Crippen molar-refractivity contribution in [3.8, 4) is 0 Å². The van der Waals surface area contributed by atoms with Crippen LogP contribution in [0.3, 0.4) is 0 Å². The number of carboxylic acid groups (broad SMARTS) is 1. The van der Waals surface area contributed by atoms with Gasteiger partial charge in [-0.2, -0.15) is 0 Å². The number of hydrogen-bond acceptors (Lipinski definition) is 7. The second-order valence-electron chi connectivity index (χ2n) is 3.37. The maximum Gasteiger partial charge on any atom is 0.393 e. The first-order chi connectivity index (χ1) is 7.48. The Morgan fingerprint density at radius 3 is 2.81 bits per heavy atom. The molecule has 0 radical (unpaired) electrons. The monoisotopic (exact) mass is 247 g/mol. The number of aromatic nitrogens is 2. The number of carbonyl (C=O) groups is 1. The van der Waals surface area contributed by atoms with Crippen LogP contribution in [0.4, 0.5) is 0 Å². The average Bonchev–Trinajstić information content (AvgIpc) is 2.64. The lowest BCUT2D eigenvalue weighted by Crippen LogP contribution is -2.39. The van der Waals surface area contributed by atoms with E-state index in [2.05, 4.69) is 15.5 Å². The Bertz CT molecular complexity index is 508. The minimum Gasteiger partial charge on any atom is -0.474 e. The summed E-state index contributed by atoms with van der Waals surface area (Å²) in [5, 5.41) is 18.2. The molecule has 9 heteroatoms. The standard InChI is InChI=1S/C7H9N3O5S/c11-7(12)6-10-9-5(15-6)4-3-16(13,14)2-1-8-4/h4,8H,1-3H2,(H,11,12). The Balaban J connectivity index is 2.20. The first-order valence-electron chi connectivity index (χ1n) is 4.48. The molecule has 16 heavy (non-hydrogen) atoms. The molecule has 8 nitrogen and oxygen atoms in total. The fourth-order valence-electron chi connectivity index (χ4n) is 1.41. The topological polar surface area (TPSA) is 122 Å². The third kappa shape index (κ3) is 2.19. The van der Waals surface area contributed by atoms with Gasteiger partial charge in [-0.05, 0) is 0 Å². The molecule has 0 saturated carbocycles. The zero-order valence-electron chi connectivity index (χ0n) is 8.08. The Morgan fingerprint density at radius 2 is 2.25 bits per heavy atom. The molecule has 2 heterocycles. The normalized spacial score (nSPS) is 24.1. The maximum atomic E-state index is 11.3. The lowest BCUT2D eigenvalue weighted by Gasteiger charge is -2.20. The molecule has 1 aliphatic rings. The highest BCUT2D eigenvalue weighted by molar-refractivity contribution is 7.91. The van der Waals surface area contributed by atoms with Gasteiger partial charge in [0.1, 0.15) is 6.04 Å². The summed E-state index contributed by atoms with van der Waals surface area (Å²) >= 11 is 0.